The lowest BCUT2D eigenvalue weighted by Crippen LogP contribution is -2.49. The van der Waals surface area contributed by atoms with E-state index in [1.54, 1.807) is 14.0 Å². The van der Waals surface area contributed by atoms with Gasteiger partial charge in [-0.1, -0.05) is 13.8 Å². The van der Waals surface area contributed by atoms with Crippen molar-refractivity contribution in [2.75, 3.05) is 13.6 Å². The second-order valence-electron chi connectivity index (χ2n) is 4.92. The number of carbonyl (C=O) groups excluding carboxylic acids is 2. The summed E-state index contributed by atoms with van der Waals surface area (Å²) >= 11 is 0. The maximum Gasteiger partial charge on any atom is 0.242 e. The number of hydrogen-bond acceptors (Lipinski definition) is 3. The Kier molecular flexibility index (Phi) is 6.80. The number of amides is 2. The average Bonchev–Trinajstić information content (AvgIpc) is 2.24. The quantitative estimate of drug-likeness (QED) is 0.706. The van der Waals surface area contributed by atoms with Crippen molar-refractivity contribution in [2.24, 2.45) is 11.7 Å². The zero-order valence-corrected chi connectivity index (χ0v) is 11.5. The molecule has 0 bridgehead atoms. The first-order valence-electron chi connectivity index (χ1n) is 6.05. The van der Waals surface area contributed by atoms with Gasteiger partial charge in [0.2, 0.25) is 11.8 Å². The van der Waals surface area contributed by atoms with Crippen LogP contribution in [-0.4, -0.2) is 42.4 Å². The Balaban J connectivity index is 4.26. The molecule has 0 aliphatic carbocycles. The number of likely N-dealkylation sites (N-methyl/N-ethyl adjacent to an activating group) is 1. The van der Waals surface area contributed by atoms with Crippen molar-refractivity contribution in [3.8, 4) is 0 Å². The number of carbonyl (C=O) groups is 2. The largest absolute Gasteiger partial charge is 0.352 e. The maximum atomic E-state index is 11.9. The molecular formula is C12H25N3O2. The fourth-order valence-electron chi connectivity index (χ4n) is 1.67. The van der Waals surface area contributed by atoms with Crippen LogP contribution in [0.2, 0.25) is 0 Å². The molecule has 2 atom stereocenters. The van der Waals surface area contributed by atoms with Crippen molar-refractivity contribution in [2.45, 2.75) is 46.2 Å². The Hall–Kier alpha value is -1.10. The number of hydrogen-bond donors (Lipinski definition) is 2. The van der Waals surface area contributed by atoms with Gasteiger partial charge >= 0.3 is 0 Å². The zero-order valence-electron chi connectivity index (χ0n) is 11.5. The van der Waals surface area contributed by atoms with E-state index in [2.05, 4.69) is 19.2 Å². The predicted molar refractivity (Wildman–Crippen MR) is 68.3 cm³/mol. The average molecular weight is 243 g/mol. The fraction of sp³-hybridized carbons (Fsp3) is 0.833. The van der Waals surface area contributed by atoms with Crippen molar-refractivity contribution in [3.05, 3.63) is 0 Å². The lowest BCUT2D eigenvalue weighted by molar-refractivity contribution is -0.137. The molecule has 2 amide bonds. The molecule has 0 aliphatic heterocycles. The van der Waals surface area contributed by atoms with E-state index in [0.29, 0.717) is 5.92 Å². The topological polar surface area (TPSA) is 75.4 Å². The SMILES string of the molecule is CC(C)CC(C)NC(=O)C(C)N(C)C(=O)CN. The van der Waals surface area contributed by atoms with Crippen LogP contribution in [0, 0.1) is 5.92 Å². The van der Waals surface area contributed by atoms with Crippen molar-refractivity contribution in [3.63, 3.8) is 0 Å². The van der Waals surface area contributed by atoms with E-state index in [1.165, 1.54) is 4.90 Å². The predicted octanol–water partition coefficient (Wildman–Crippen LogP) is 0.343. The lowest BCUT2D eigenvalue weighted by Gasteiger charge is -2.25. The molecule has 0 spiro atoms. The van der Waals surface area contributed by atoms with E-state index in [9.17, 15) is 9.59 Å². The van der Waals surface area contributed by atoms with Crippen LogP contribution < -0.4 is 11.1 Å². The molecule has 0 aromatic rings. The van der Waals surface area contributed by atoms with Gasteiger partial charge in [0, 0.05) is 13.1 Å². The minimum absolute atomic E-state index is 0.0737. The molecule has 0 aromatic carbocycles. The third-order valence-corrected chi connectivity index (χ3v) is 2.74. The summed E-state index contributed by atoms with van der Waals surface area (Å²) in [4.78, 5) is 24.6. The summed E-state index contributed by atoms with van der Waals surface area (Å²) in [5, 5.41) is 2.90. The third kappa shape index (κ3) is 5.68. The van der Waals surface area contributed by atoms with Gasteiger partial charge < -0.3 is 16.0 Å². The first-order chi connectivity index (χ1) is 7.79. The van der Waals surface area contributed by atoms with E-state index in [4.69, 9.17) is 5.73 Å². The Bertz CT molecular complexity index is 266. The highest BCUT2D eigenvalue weighted by Gasteiger charge is 2.22. The summed E-state index contributed by atoms with van der Waals surface area (Å²) in [7, 11) is 1.59. The molecule has 0 rings (SSSR count). The summed E-state index contributed by atoms with van der Waals surface area (Å²) in [6.07, 6.45) is 0.924. The van der Waals surface area contributed by atoms with Crippen molar-refractivity contribution < 1.29 is 9.59 Å². The minimum Gasteiger partial charge on any atom is -0.352 e. The van der Waals surface area contributed by atoms with Crippen LogP contribution in [0.15, 0.2) is 0 Å². The van der Waals surface area contributed by atoms with Crippen LogP contribution >= 0.6 is 0 Å². The molecule has 0 saturated heterocycles. The van der Waals surface area contributed by atoms with E-state index in [-0.39, 0.29) is 24.4 Å². The lowest BCUT2D eigenvalue weighted by atomic mass is 10.0. The van der Waals surface area contributed by atoms with Crippen LogP contribution in [0.25, 0.3) is 0 Å². The van der Waals surface area contributed by atoms with Crippen LogP contribution in [0.5, 0.6) is 0 Å². The third-order valence-electron chi connectivity index (χ3n) is 2.74. The molecule has 3 N–H and O–H groups in total. The number of nitrogens with one attached hydrogen (secondary N) is 1. The van der Waals surface area contributed by atoms with Gasteiger partial charge in [-0.15, -0.1) is 0 Å². The van der Waals surface area contributed by atoms with E-state index in [1.807, 2.05) is 6.92 Å². The smallest absolute Gasteiger partial charge is 0.242 e. The molecule has 17 heavy (non-hydrogen) atoms. The van der Waals surface area contributed by atoms with Gasteiger partial charge in [0.25, 0.3) is 0 Å². The minimum atomic E-state index is -0.485. The van der Waals surface area contributed by atoms with Gasteiger partial charge in [0.05, 0.1) is 6.54 Å². The van der Waals surface area contributed by atoms with E-state index >= 15 is 0 Å². The van der Waals surface area contributed by atoms with Crippen LogP contribution in [-0.2, 0) is 9.59 Å². The van der Waals surface area contributed by atoms with E-state index in [0.717, 1.165) is 6.42 Å². The molecule has 0 radical (unpaired) electrons. The summed E-state index contributed by atoms with van der Waals surface area (Å²) < 4.78 is 0. The number of nitrogens with two attached hydrogens (primary N) is 1. The molecule has 5 nitrogen and oxygen atoms in total. The number of nitrogens with zero attached hydrogens (tertiary/aromatic N) is 1. The molecule has 100 valence electrons. The highest BCUT2D eigenvalue weighted by Crippen LogP contribution is 2.05. The monoisotopic (exact) mass is 243 g/mol. The van der Waals surface area contributed by atoms with Crippen molar-refractivity contribution in [1.82, 2.24) is 10.2 Å². The summed E-state index contributed by atoms with van der Waals surface area (Å²) in [5.74, 6) is 0.163. The highest BCUT2D eigenvalue weighted by atomic mass is 16.2. The van der Waals surface area contributed by atoms with Crippen molar-refractivity contribution >= 4 is 11.8 Å². The van der Waals surface area contributed by atoms with Crippen LogP contribution in [0.1, 0.15) is 34.1 Å². The zero-order chi connectivity index (χ0) is 13.6. The molecule has 0 saturated carbocycles. The summed E-state index contributed by atoms with van der Waals surface area (Å²) in [6.45, 7) is 7.81. The molecule has 5 heteroatoms. The van der Waals surface area contributed by atoms with Gasteiger partial charge in [-0.25, -0.2) is 0 Å². The van der Waals surface area contributed by atoms with Gasteiger partial charge in [-0.05, 0) is 26.2 Å². The Labute approximate surface area is 104 Å². The molecule has 0 fully saturated rings. The Morgan fingerprint density at radius 3 is 2.18 bits per heavy atom. The summed E-state index contributed by atoms with van der Waals surface area (Å²) in [6, 6.07) is -0.369. The molecule has 0 aliphatic rings. The Morgan fingerprint density at radius 1 is 1.24 bits per heavy atom. The first kappa shape index (κ1) is 15.9. The van der Waals surface area contributed by atoms with E-state index < -0.39 is 6.04 Å². The van der Waals surface area contributed by atoms with Gasteiger partial charge in [0.1, 0.15) is 6.04 Å². The standard InChI is InChI=1S/C12H25N3O2/c1-8(2)6-9(3)14-12(17)10(4)15(5)11(16)7-13/h8-10H,6-7,13H2,1-5H3,(H,14,17). The van der Waals surface area contributed by atoms with Gasteiger partial charge in [-0.3, -0.25) is 9.59 Å². The van der Waals surface area contributed by atoms with Gasteiger partial charge in [0.15, 0.2) is 0 Å². The molecular weight excluding hydrogens is 218 g/mol. The normalized spacial score (nSPS) is 14.3. The van der Waals surface area contributed by atoms with Crippen LogP contribution in [0.4, 0.5) is 0 Å². The summed E-state index contributed by atoms with van der Waals surface area (Å²) in [5.41, 5.74) is 5.26. The molecule has 0 aromatic heterocycles. The van der Waals surface area contributed by atoms with Crippen molar-refractivity contribution in [1.29, 1.82) is 0 Å². The van der Waals surface area contributed by atoms with Gasteiger partial charge in [-0.2, -0.15) is 0 Å². The molecule has 2 unspecified atom stereocenters. The maximum absolute atomic E-state index is 11.9. The van der Waals surface area contributed by atoms with Crippen LogP contribution in [0.3, 0.4) is 0 Å². The fourth-order valence-corrected chi connectivity index (χ4v) is 1.67. The molecule has 0 heterocycles. The number of rotatable bonds is 6. The second kappa shape index (κ2) is 7.27. The second-order valence-corrected chi connectivity index (χ2v) is 4.92. The first-order valence-corrected chi connectivity index (χ1v) is 6.05. The highest BCUT2D eigenvalue weighted by molar-refractivity contribution is 5.87. The Morgan fingerprint density at radius 2 is 1.76 bits per heavy atom.